The van der Waals surface area contributed by atoms with Gasteiger partial charge in [-0.2, -0.15) is 0 Å². The van der Waals surface area contributed by atoms with Gasteiger partial charge in [-0.05, 0) is 66.8 Å². The Bertz CT molecular complexity index is 609. The summed E-state index contributed by atoms with van der Waals surface area (Å²) >= 11 is 5.89. The molecule has 0 saturated heterocycles. The smallest absolute Gasteiger partial charge is 0.123 e. The molecule has 0 saturated carbocycles. The standard InChI is InChI=1S/C18H19ClFN/c19-17-6-3-14(4-7-17)2-1-10-21-11-9-15-5-8-18(20)12-16(15)13-21/h3-8,12H,1-2,9-11,13H2. The van der Waals surface area contributed by atoms with Crippen LogP contribution in [0, 0.1) is 5.82 Å². The first kappa shape index (κ1) is 14.6. The predicted molar refractivity (Wildman–Crippen MR) is 85.2 cm³/mol. The Morgan fingerprint density at radius 3 is 2.67 bits per heavy atom. The lowest BCUT2D eigenvalue weighted by atomic mass is 9.99. The fraction of sp³-hybridized carbons (Fsp3) is 0.333. The van der Waals surface area contributed by atoms with Crippen LogP contribution in [0.1, 0.15) is 23.1 Å². The van der Waals surface area contributed by atoms with Crippen LogP contribution in [0.5, 0.6) is 0 Å². The molecule has 0 amide bonds. The lowest BCUT2D eigenvalue weighted by Gasteiger charge is -2.28. The molecule has 1 heterocycles. The van der Waals surface area contributed by atoms with E-state index in [4.69, 9.17) is 11.6 Å². The fourth-order valence-corrected chi connectivity index (χ4v) is 3.06. The van der Waals surface area contributed by atoms with Crippen molar-refractivity contribution < 1.29 is 4.39 Å². The van der Waals surface area contributed by atoms with Crippen molar-refractivity contribution in [3.8, 4) is 0 Å². The Kier molecular flexibility index (Phi) is 4.57. The van der Waals surface area contributed by atoms with Gasteiger partial charge in [0.25, 0.3) is 0 Å². The Labute approximate surface area is 130 Å². The molecule has 0 N–H and O–H groups in total. The lowest BCUT2D eigenvalue weighted by molar-refractivity contribution is 0.250. The summed E-state index contributed by atoms with van der Waals surface area (Å²) in [6.07, 6.45) is 3.20. The zero-order valence-electron chi connectivity index (χ0n) is 12.0. The molecule has 1 nitrogen and oxygen atoms in total. The Balaban J connectivity index is 1.52. The van der Waals surface area contributed by atoms with Crippen molar-refractivity contribution in [1.82, 2.24) is 4.90 Å². The van der Waals surface area contributed by atoms with E-state index in [0.717, 1.165) is 49.5 Å². The molecule has 0 radical (unpaired) electrons. The van der Waals surface area contributed by atoms with Crippen molar-refractivity contribution in [3.63, 3.8) is 0 Å². The number of fused-ring (bicyclic) bond motifs is 1. The largest absolute Gasteiger partial charge is 0.299 e. The molecule has 2 aromatic rings. The summed E-state index contributed by atoms with van der Waals surface area (Å²) in [6, 6.07) is 13.2. The van der Waals surface area contributed by atoms with Crippen molar-refractivity contribution >= 4 is 11.6 Å². The molecule has 1 aliphatic heterocycles. The summed E-state index contributed by atoms with van der Waals surface area (Å²) in [5.41, 5.74) is 3.76. The summed E-state index contributed by atoms with van der Waals surface area (Å²) < 4.78 is 13.3. The SMILES string of the molecule is Fc1ccc2c(c1)CN(CCCc1ccc(Cl)cc1)CC2. The van der Waals surface area contributed by atoms with Crippen LogP contribution in [0.25, 0.3) is 0 Å². The molecule has 1 aliphatic rings. The molecular formula is C18H19ClFN. The van der Waals surface area contributed by atoms with Crippen LogP contribution >= 0.6 is 11.6 Å². The molecule has 0 unspecified atom stereocenters. The summed E-state index contributed by atoms with van der Waals surface area (Å²) in [7, 11) is 0. The van der Waals surface area contributed by atoms with Gasteiger partial charge in [-0.25, -0.2) is 4.39 Å². The van der Waals surface area contributed by atoms with Gasteiger partial charge in [0.15, 0.2) is 0 Å². The van der Waals surface area contributed by atoms with Crippen LogP contribution in [0.3, 0.4) is 0 Å². The van der Waals surface area contributed by atoms with E-state index in [-0.39, 0.29) is 5.82 Å². The zero-order chi connectivity index (χ0) is 14.7. The lowest BCUT2D eigenvalue weighted by Crippen LogP contribution is -2.31. The molecule has 0 aliphatic carbocycles. The van der Waals surface area contributed by atoms with Crippen LogP contribution in [0.4, 0.5) is 4.39 Å². The average molecular weight is 304 g/mol. The van der Waals surface area contributed by atoms with E-state index in [9.17, 15) is 4.39 Å². The van der Waals surface area contributed by atoms with Gasteiger partial charge in [0.05, 0.1) is 0 Å². The molecule has 0 bridgehead atoms. The normalized spacial score (nSPS) is 15.0. The second kappa shape index (κ2) is 6.59. The van der Waals surface area contributed by atoms with E-state index in [1.54, 1.807) is 12.1 Å². The summed E-state index contributed by atoms with van der Waals surface area (Å²) in [6.45, 7) is 2.99. The van der Waals surface area contributed by atoms with Crippen molar-refractivity contribution in [3.05, 3.63) is 70.0 Å². The first-order valence-corrected chi connectivity index (χ1v) is 7.82. The number of hydrogen-bond acceptors (Lipinski definition) is 1. The van der Waals surface area contributed by atoms with Crippen molar-refractivity contribution in [2.75, 3.05) is 13.1 Å². The molecule has 0 atom stereocenters. The second-order valence-corrected chi connectivity index (χ2v) is 6.11. The predicted octanol–water partition coefficient (Wildman–Crippen LogP) is 4.47. The van der Waals surface area contributed by atoms with E-state index in [2.05, 4.69) is 17.0 Å². The fourth-order valence-electron chi connectivity index (χ4n) is 2.93. The van der Waals surface area contributed by atoms with Gasteiger partial charge in [-0.1, -0.05) is 29.8 Å². The van der Waals surface area contributed by atoms with Gasteiger partial charge in [0.1, 0.15) is 5.82 Å². The minimum Gasteiger partial charge on any atom is -0.299 e. The molecule has 110 valence electrons. The molecule has 3 rings (SSSR count). The zero-order valence-corrected chi connectivity index (χ0v) is 12.7. The Hall–Kier alpha value is -1.38. The van der Waals surface area contributed by atoms with E-state index >= 15 is 0 Å². The number of halogens is 2. The highest BCUT2D eigenvalue weighted by molar-refractivity contribution is 6.30. The van der Waals surface area contributed by atoms with Crippen molar-refractivity contribution in [2.45, 2.75) is 25.8 Å². The summed E-state index contributed by atoms with van der Waals surface area (Å²) in [5, 5.41) is 0.786. The van der Waals surface area contributed by atoms with Crippen LogP contribution in [0.2, 0.25) is 5.02 Å². The number of aryl methyl sites for hydroxylation is 1. The van der Waals surface area contributed by atoms with E-state index < -0.39 is 0 Å². The summed E-state index contributed by atoms with van der Waals surface area (Å²) in [5.74, 6) is -0.128. The third kappa shape index (κ3) is 3.84. The van der Waals surface area contributed by atoms with Gasteiger partial charge in [-0.3, -0.25) is 4.90 Å². The minimum atomic E-state index is -0.128. The number of hydrogen-bond donors (Lipinski definition) is 0. The van der Waals surface area contributed by atoms with E-state index in [1.165, 1.54) is 11.1 Å². The number of rotatable bonds is 4. The number of nitrogens with zero attached hydrogens (tertiary/aromatic N) is 1. The molecular weight excluding hydrogens is 285 g/mol. The molecule has 2 aromatic carbocycles. The highest BCUT2D eigenvalue weighted by Crippen LogP contribution is 2.20. The van der Waals surface area contributed by atoms with Gasteiger partial charge in [0.2, 0.25) is 0 Å². The molecule has 0 spiro atoms. The maximum Gasteiger partial charge on any atom is 0.123 e. The van der Waals surface area contributed by atoms with Gasteiger partial charge < -0.3 is 0 Å². The topological polar surface area (TPSA) is 3.24 Å². The second-order valence-electron chi connectivity index (χ2n) is 5.67. The first-order valence-electron chi connectivity index (χ1n) is 7.45. The van der Waals surface area contributed by atoms with Crippen molar-refractivity contribution in [1.29, 1.82) is 0 Å². The molecule has 21 heavy (non-hydrogen) atoms. The first-order chi connectivity index (χ1) is 10.2. The monoisotopic (exact) mass is 303 g/mol. The highest BCUT2D eigenvalue weighted by Gasteiger charge is 2.16. The summed E-state index contributed by atoms with van der Waals surface area (Å²) in [4.78, 5) is 2.41. The third-order valence-corrected chi connectivity index (χ3v) is 4.36. The molecule has 0 aromatic heterocycles. The average Bonchev–Trinajstić information content (AvgIpc) is 2.49. The molecule has 3 heteroatoms. The van der Waals surface area contributed by atoms with Crippen molar-refractivity contribution in [2.24, 2.45) is 0 Å². The maximum atomic E-state index is 13.3. The van der Waals surface area contributed by atoms with E-state index in [1.807, 2.05) is 18.2 Å². The van der Waals surface area contributed by atoms with E-state index in [0.29, 0.717) is 0 Å². The Morgan fingerprint density at radius 2 is 1.86 bits per heavy atom. The van der Waals surface area contributed by atoms with Gasteiger partial charge >= 0.3 is 0 Å². The maximum absolute atomic E-state index is 13.3. The van der Waals surface area contributed by atoms with Gasteiger partial charge in [-0.15, -0.1) is 0 Å². The van der Waals surface area contributed by atoms with Crippen LogP contribution in [0.15, 0.2) is 42.5 Å². The minimum absolute atomic E-state index is 0.128. The van der Waals surface area contributed by atoms with Crippen LogP contribution < -0.4 is 0 Å². The molecule has 0 fully saturated rings. The van der Waals surface area contributed by atoms with Crippen LogP contribution in [-0.4, -0.2) is 18.0 Å². The number of benzene rings is 2. The van der Waals surface area contributed by atoms with Crippen LogP contribution in [-0.2, 0) is 19.4 Å². The van der Waals surface area contributed by atoms with Gasteiger partial charge in [0, 0.05) is 18.1 Å². The third-order valence-electron chi connectivity index (χ3n) is 4.11. The quantitative estimate of drug-likeness (QED) is 0.805. The highest BCUT2D eigenvalue weighted by atomic mass is 35.5. The Morgan fingerprint density at radius 1 is 1.05 bits per heavy atom.